The van der Waals surface area contributed by atoms with Crippen LogP contribution in [0.1, 0.15) is 20.7 Å². The van der Waals surface area contributed by atoms with Crippen LogP contribution in [0.3, 0.4) is 0 Å². The van der Waals surface area contributed by atoms with Crippen molar-refractivity contribution in [2.45, 2.75) is 0 Å². The molecular formula is C17H12O3. The highest BCUT2D eigenvalue weighted by Crippen LogP contribution is 2.29. The van der Waals surface area contributed by atoms with Crippen molar-refractivity contribution in [2.75, 3.05) is 6.61 Å². The minimum absolute atomic E-state index is 0.0812. The fraction of sp³-hybridized carbons (Fsp3) is 0.0588. The largest absolute Gasteiger partial charge is 0.485 e. The molecule has 0 atom stereocenters. The molecule has 2 aromatic carbocycles. The van der Waals surface area contributed by atoms with Gasteiger partial charge in [0.1, 0.15) is 6.61 Å². The molecule has 98 valence electrons. The van der Waals surface area contributed by atoms with Gasteiger partial charge in [0.2, 0.25) is 5.78 Å². The molecule has 1 aliphatic carbocycles. The van der Waals surface area contributed by atoms with E-state index in [1.165, 1.54) is 12.2 Å². The summed E-state index contributed by atoms with van der Waals surface area (Å²) in [7, 11) is 0. The van der Waals surface area contributed by atoms with Crippen LogP contribution in [-0.2, 0) is 4.74 Å². The van der Waals surface area contributed by atoms with Crippen LogP contribution in [-0.4, -0.2) is 18.2 Å². The van der Waals surface area contributed by atoms with Gasteiger partial charge in [-0.3, -0.25) is 9.59 Å². The molecule has 0 fully saturated rings. The summed E-state index contributed by atoms with van der Waals surface area (Å²) in [6.07, 6.45) is 2.80. The number of hydrogen-bond donors (Lipinski definition) is 0. The second-order valence-corrected chi connectivity index (χ2v) is 4.51. The van der Waals surface area contributed by atoms with E-state index in [9.17, 15) is 9.59 Å². The average molecular weight is 264 g/mol. The Kier molecular flexibility index (Phi) is 2.95. The van der Waals surface area contributed by atoms with Crippen LogP contribution in [0.2, 0.25) is 0 Å². The predicted octanol–water partition coefficient (Wildman–Crippen LogP) is 3.31. The first kappa shape index (κ1) is 12.4. The van der Waals surface area contributed by atoms with Crippen LogP contribution in [0, 0.1) is 0 Å². The van der Waals surface area contributed by atoms with Crippen molar-refractivity contribution < 1.29 is 14.3 Å². The molecule has 3 rings (SSSR count). The maximum absolute atomic E-state index is 12.3. The molecule has 20 heavy (non-hydrogen) atoms. The van der Waals surface area contributed by atoms with Crippen LogP contribution >= 0.6 is 0 Å². The number of carbonyl (C=O) groups is 2. The highest BCUT2D eigenvalue weighted by molar-refractivity contribution is 6.28. The van der Waals surface area contributed by atoms with Crippen LogP contribution in [0.15, 0.2) is 60.9 Å². The fourth-order valence-corrected chi connectivity index (χ4v) is 2.37. The number of ketones is 2. The van der Waals surface area contributed by atoms with Gasteiger partial charge < -0.3 is 4.74 Å². The molecule has 2 aromatic rings. The number of hydrogen-bond acceptors (Lipinski definition) is 3. The molecule has 1 aliphatic rings. The molecule has 3 nitrogen and oxygen atoms in total. The molecule has 0 bridgehead atoms. The number of allylic oxidation sites excluding steroid dienone is 2. The molecule has 0 saturated carbocycles. The molecule has 0 radical (unpaired) electrons. The Morgan fingerprint density at radius 2 is 1.90 bits per heavy atom. The summed E-state index contributed by atoms with van der Waals surface area (Å²) < 4.78 is 5.26. The Morgan fingerprint density at radius 3 is 2.70 bits per heavy atom. The van der Waals surface area contributed by atoms with Crippen molar-refractivity contribution in [1.29, 1.82) is 0 Å². The highest BCUT2D eigenvalue weighted by atomic mass is 16.5. The van der Waals surface area contributed by atoms with Gasteiger partial charge in [-0.15, -0.1) is 0 Å². The van der Waals surface area contributed by atoms with E-state index < -0.39 is 0 Å². The second kappa shape index (κ2) is 4.78. The van der Waals surface area contributed by atoms with Crippen molar-refractivity contribution in [3.8, 4) is 0 Å². The molecule has 0 spiro atoms. The fourth-order valence-electron chi connectivity index (χ4n) is 2.37. The van der Waals surface area contributed by atoms with Gasteiger partial charge in [-0.2, -0.15) is 0 Å². The van der Waals surface area contributed by atoms with E-state index in [0.717, 1.165) is 10.8 Å². The lowest BCUT2D eigenvalue weighted by atomic mass is 9.89. The minimum atomic E-state index is -0.257. The lowest BCUT2D eigenvalue weighted by Crippen LogP contribution is -2.19. The van der Waals surface area contributed by atoms with Gasteiger partial charge in [0.25, 0.3) is 0 Å². The first-order valence-electron chi connectivity index (χ1n) is 6.28. The monoisotopic (exact) mass is 264 g/mol. The van der Waals surface area contributed by atoms with Crippen molar-refractivity contribution in [3.05, 3.63) is 72.0 Å². The molecule has 3 heteroatoms. The molecule has 0 heterocycles. The summed E-state index contributed by atoms with van der Waals surface area (Å²) in [5.74, 6) is -0.375. The van der Waals surface area contributed by atoms with Gasteiger partial charge in [0, 0.05) is 17.2 Å². The molecule has 0 aliphatic heterocycles. The zero-order valence-electron chi connectivity index (χ0n) is 10.8. The number of carbonyl (C=O) groups excluding carboxylic acids is 2. The normalized spacial score (nSPS) is 13.9. The number of rotatable bonds is 3. The smallest absolute Gasteiger partial charge is 0.228 e. The zero-order valence-corrected chi connectivity index (χ0v) is 10.8. The Hall–Kier alpha value is -2.68. The molecule has 0 amide bonds. The average Bonchev–Trinajstić information content (AvgIpc) is 2.48. The topological polar surface area (TPSA) is 43.4 Å². The zero-order chi connectivity index (χ0) is 14.1. The third-order valence-corrected chi connectivity index (χ3v) is 3.26. The van der Waals surface area contributed by atoms with E-state index in [4.69, 9.17) is 4.74 Å². The van der Waals surface area contributed by atoms with E-state index in [2.05, 4.69) is 6.58 Å². The summed E-state index contributed by atoms with van der Waals surface area (Å²) in [5.41, 5.74) is 0.856. The Balaban J connectivity index is 2.18. The Labute approximate surface area is 116 Å². The molecule has 0 unspecified atom stereocenters. The Bertz CT molecular complexity index is 769. The van der Waals surface area contributed by atoms with Crippen LogP contribution < -0.4 is 0 Å². The second-order valence-electron chi connectivity index (χ2n) is 4.51. The van der Waals surface area contributed by atoms with E-state index in [-0.39, 0.29) is 23.9 Å². The van der Waals surface area contributed by atoms with Gasteiger partial charge in [0.05, 0.1) is 0 Å². The number of ether oxygens (including phenoxy) is 1. The van der Waals surface area contributed by atoms with E-state index in [1.54, 1.807) is 6.07 Å². The molecular weight excluding hydrogens is 252 g/mol. The van der Waals surface area contributed by atoms with Crippen LogP contribution in [0.4, 0.5) is 0 Å². The van der Waals surface area contributed by atoms with Crippen molar-refractivity contribution in [1.82, 2.24) is 0 Å². The van der Waals surface area contributed by atoms with Gasteiger partial charge in [-0.05, 0) is 16.8 Å². The first-order chi connectivity index (χ1) is 9.72. The summed E-state index contributed by atoms with van der Waals surface area (Å²) in [5, 5.41) is 1.73. The lowest BCUT2D eigenvalue weighted by molar-refractivity contribution is 0.0901. The Morgan fingerprint density at radius 1 is 1.10 bits per heavy atom. The molecule has 0 aromatic heterocycles. The standard InChI is InChI=1S/C17H12O3/c1-2-9-20-15-10-14(18)16-12-6-4-3-5-11(12)7-8-13(16)17(15)19/h2-8,10H,1,9H2. The van der Waals surface area contributed by atoms with Gasteiger partial charge in [-0.1, -0.05) is 43.0 Å². The van der Waals surface area contributed by atoms with Crippen LogP contribution in [0.5, 0.6) is 0 Å². The summed E-state index contributed by atoms with van der Waals surface area (Å²) in [4.78, 5) is 24.6. The van der Waals surface area contributed by atoms with Crippen molar-refractivity contribution in [2.24, 2.45) is 0 Å². The molecule has 0 N–H and O–H groups in total. The number of Topliss-reactive ketones (excluding diaryl/α,β-unsaturated/α-hetero) is 1. The van der Waals surface area contributed by atoms with E-state index >= 15 is 0 Å². The van der Waals surface area contributed by atoms with Gasteiger partial charge in [0.15, 0.2) is 11.5 Å². The van der Waals surface area contributed by atoms with Gasteiger partial charge >= 0.3 is 0 Å². The van der Waals surface area contributed by atoms with Crippen molar-refractivity contribution in [3.63, 3.8) is 0 Å². The summed E-state index contributed by atoms with van der Waals surface area (Å²) in [6, 6.07) is 11.0. The number of fused-ring (bicyclic) bond motifs is 3. The first-order valence-corrected chi connectivity index (χ1v) is 6.28. The quantitative estimate of drug-likeness (QED) is 0.799. The summed E-state index contributed by atoms with van der Waals surface area (Å²) in [6.45, 7) is 3.73. The van der Waals surface area contributed by atoms with Crippen molar-refractivity contribution >= 4 is 22.3 Å². The number of benzene rings is 2. The molecule has 0 saturated heterocycles. The van der Waals surface area contributed by atoms with E-state index in [0.29, 0.717) is 11.1 Å². The lowest BCUT2D eigenvalue weighted by Gasteiger charge is -2.16. The maximum Gasteiger partial charge on any atom is 0.228 e. The summed E-state index contributed by atoms with van der Waals surface area (Å²) >= 11 is 0. The third kappa shape index (κ3) is 1.84. The SMILES string of the molecule is C=CCOC1=CC(=O)c2c(ccc3ccccc23)C1=O. The predicted molar refractivity (Wildman–Crippen MR) is 76.8 cm³/mol. The minimum Gasteiger partial charge on any atom is -0.485 e. The maximum atomic E-state index is 12.3. The van der Waals surface area contributed by atoms with Gasteiger partial charge in [-0.25, -0.2) is 0 Å². The van der Waals surface area contributed by atoms with E-state index in [1.807, 2.05) is 30.3 Å². The van der Waals surface area contributed by atoms with Crippen LogP contribution in [0.25, 0.3) is 10.8 Å². The third-order valence-electron chi connectivity index (χ3n) is 3.26. The highest BCUT2D eigenvalue weighted by Gasteiger charge is 2.28.